The molecule has 2 amide bonds. The van der Waals surface area contributed by atoms with Crippen molar-refractivity contribution in [3.8, 4) is 0 Å². The fourth-order valence-corrected chi connectivity index (χ4v) is 2.95. The van der Waals surface area contributed by atoms with Crippen molar-refractivity contribution in [1.29, 1.82) is 0 Å². The number of thiazole rings is 1. The SMILES string of the molecule is Cc1csc(CCNC(=O)c2ccc(C(=O)NC3CC3)cc2)n1. The Balaban J connectivity index is 1.49. The average Bonchev–Trinajstić information content (AvgIpc) is 3.27. The molecule has 0 atom stereocenters. The van der Waals surface area contributed by atoms with Crippen LogP contribution in [0.1, 0.15) is 44.3 Å². The van der Waals surface area contributed by atoms with Crippen molar-refractivity contribution in [2.75, 3.05) is 6.54 Å². The zero-order valence-corrected chi connectivity index (χ0v) is 13.8. The van der Waals surface area contributed by atoms with Crippen LogP contribution in [0.15, 0.2) is 29.6 Å². The molecule has 5 nitrogen and oxygen atoms in total. The van der Waals surface area contributed by atoms with Crippen LogP contribution in [0.25, 0.3) is 0 Å². The number of hydrogen-bond acceptors (Lipinski definition) is 4. The summed E-state index contributed by atoms with van der Waals surface area (Å²) in [6.45, 7) is 2.51. The first-order chi connectivity index (χ1) is 11.1. The monoisotopic (exact) mass is 329 g/mol. The van der Waals surface area contributed by atoms with E-state index in [1.807, 2.05) is 12.3 Å². The molecule has 0 bridgehead atoms. The first kappa shape index (κ1) is 15.7. The molecule has 23 heavy (non-hydrogen) atoms. The van der Waals surface area contributed by atoms with Crippen molar-refractivity contribution in [3.05, 3.63) is 51.5 Å². The van der Waals surface area contributed by atoms with Gasteiger partial charge < -0.3 is 10.6 Å². The summed E-state index contributed by atoms with van der Waals surface area (Å²) in [5.41, 5.74) is 2.16. The molecule has 0 unspecified atom stereocenters. The van der Waals surface area contributed by atoms with Gasteiger partial charge in [-0.3, -0.25) is 9.59 Å². The van der Waals surface area contributed by atoms with Gasteiger partial charge in [0.1, 0.15) is 0 Å². The van der Waals surface area contributed by atoms with E-state index in [1.165, 1.54) is 0 Å². The molecule has 0 aliphatic heterocycles. The summed E-state index contributed by atoms with van der Waals surface area (Å²) in [7, 11) is 0. The van der Waals surface area contributed by atoms with Crippen LogP contribution in [-0.2, 0) is 6.42 Å². The number of aromatic nitrogens is 1. The minimum atomic E-state index is -0.132. The van der Waals surface area contributed by atoms with Crippen LogP contribution in [-0.4, -0.2) is 29.4 Å². The van der Waals surface area contributed by atoms with Gasteiger partial charge in [-0.05, 0) is 44.0 Å². The van der Waals surface area contributed by atoms with Crippen LogP contribution in [0, 0.1) is 6.92 Å². The summed E-state index contributed by atoms with van der Waals surface area (Å²) < 4.78 is 0. The second kappa shape index (κ2) is 6.91. The molecular weight excluding hydrogens is 310 g/mol. The Kier molecular flexibility index (Phi) is 4.71. The van der Waals surface area contributed by atoms with Crippen molar-refractivity contribution in [2.24, 2.45) is 0 Å². The van der Waals surface area contributed by atoms with Gasteiger partial charge in [0.25, 0.3) is 11.8 Å². The van der Waals surface area contributed by atoms with E-state index in [4.69, 9.17) is 0 Å². The first-order valence-electron chi connectivity index (χ1n) is 7.72. The molecule has 1 aliphatic rings. The Bertz CT molecular complexity index is 705. The molecule has 2 aromatic rings. The van der Waals surface area contributed by atoms with Crippen LogP contribution >= 0.6 is 11.3 Å². The van der Waals surface area contributed by atoms with Gasteiger partial charge in [0.15, 0.2) is 0 Å². The number of carbonyl (C=O) groups excluding carboxylic acids is 2. The molecule has 120 valence electrons. The maximum atomic E-state index is 12.1. The number of nitrogens with one attached hydrogen (secondary N) is 2. The highest BCUT2D eigenvalue weighted by molar-refractivity contribution is 7.09. The maximum Gasteiger partial charge on any atom is 0.251 e. The summed E-state index contributed by atoms with van der Waals surface area (Å²) in [5, 5.41) is 8.83. The van der Waals surface area contributed by atoms with Gasteiger partial charge in [-0.1, -0.05) is 0 Å². The quantitative estimate of drug-likeness (QED) is 0.854. The lowest BCUT2D eigenvalue weighted by Crippen LogP contribution is -2.27. The standard InChI is InChI=1S/C17H19N3O2S/c1-11-10-23-15(19-11)8-9-18-16(21)12-2-4-13(5-3-12)17(22)20-14-6-7-14/h2-5,10,14H,6-9H2,1H3,(H,18,21)(H,20,22). The lowest BCUT2D eigenvalue weighted by Gasteiger charge is -2.06. The molecule has 1 aromatic heterocycles. The molecular formula is C17H19N3O2S. The third-order valence-electron chi connectivity index (χ3n) is 3.61. The van der Waals surface area contributed by atoms with Crippen molar-refractivity contribution < 1.29 is 9.59 Å². The largest absolute Gasteiger partial charge is 0.352 e. The number of hydrogen-bond donors (Lipinski definition) is 2. The lowest BCUT2D eigenvalue weighted by molar-refractivity contribution is 0.0940. The minimum Gasteiger partial charge on any atom is -0.352 e. The van der Waals surface area contributed by atoms with Gasteiger partial charge in [-0.15, -0.1) is 11.3 Å². The van der Waals surface area contributed by atoms with E-state index in [9.17, 15) is 9.59 Å². The van der Waals surface area contributed by atoms with Crippen LogP contribution in [0.3, 0.4) is 0 Å². The summed E-state index contributed by atoms with van der Waals surface area (Å²) in [6.07, 6.45) is 2.85. The molecule has 2 N–H and O–H groups in total. The Hall–Kier alpha value is -2.21. The predicted molar refractivity (Wildman–Crippen MR) is 89.8 cm³/mol. The van der Waals surface area contributed by atoms with E-state index in [-0.39, 0.29) is 11.8 Å². The highest BCUT2D eigenvalue weighted by Gasteiger charge is 2.23. The van der Waals surface area contributed by atoms with Crippen molar-refractivity contribution in [3.63, 3.8) is 0 Å². The Morgan fingerprint density at radius 2 is 1.83 bits per heavy atom. The van der Waals surface area contributed by atoms with Crippen LogP contribution in [0.4, 0.5) is 0 Å². The van der Waals surface area contributed by atoms with Gasteiger partial charge in [0, 0.05) is 41.2 Å². The lowest BCUT2D eigenvalue weighted by atomic mass is 10.1. The van der Waals surface area contributed by atoms with Crippen LogP contribution in [0.5, 0.6) is 0 Å². The Morgan fingerprint density at radius 3 is 2.39 bits per heavy atom. The normalized spacial score (nSPS) is 13.6. The molecule has 6 heteroatoms. The third-order valence-corrected chi connectivity index (χ3v) is 4.64. The van der Waals surface area contributed by atoms with Crippen molar-refractivity contribution in [2.45, 2.75) is 32.2 Å². The first-order valence-corrected chi connectivity index (χ1v) is 8.60. The molecule has 1 aromatic carbocycles. The van der Waals surface area contributed by atoms with E-state index >= 15 is 0 Å². The minimum absolute atomic E-state index is 0.0707. The van der Waals surface area contributed by atoms with Crippen LogP contribution in [0.2, 0.25) is 0 Å². The van der Waals surface area contributed by atoms with Gasteiger partial charge in [-0.25, -0.2) is 4.98 Å². The highest BCUT2D eigenvalue weighted by Crippen LogP contribution is 2.19. The second-order valence-corrected chi connectivity index (χ2v) is 6.66. The number of aryl methyl sites for hydroxylation is 1. The summed E-state index contributed by atoms with van der Waals surface area (Å²) in [4.78, 5) is 28.3. The van der Waals surface area contributed by atoms with E-state index in [1.54, 1.807) is 35.6 Å². The number of carbonyl (C=O) groups is 2. The van der Waals surface area contributed by atoms with E-state index < -0.39 is 0 Å². The second-order valence-electron chi connectivity index (χ2n) is 5.71. The molecule has 0 spiro atoms. The van der Waals surface area contributed by atoms with Gasteiger partial charge in [0.2, 0.25) is 0 Å². The third kappa shape index (κ3) is 4.39. The zero-order valence-electron chi connectivity index (χ0n) is 13.0. The van der Waals surface area contributed by atoms with E-state index in [0.29, 0.717) is 23.7 Å². The van der Waals surface area contributed by atoms with Crippen molar-refractivity contribution >= 4 is 23.2 Å². The summed E-state index contributed by atoms with van der Waals surface area (Å²) >= 11 is 1.61. The maximum absolute atomic E-state index is 12.1. The van der Waals surface area contributed by atoms with E-state index in [2.05, 4.69) is 15.6 Å². The van der Waals surface area contributed by atoms with Crippen LogP contribution < -0.4 is 10.6 Å². The number of amides is 2. The topological polar surface area (TPSA) is 71.1 Å². The number of benzene rings is 1. The predicted octanol–water partition coefficient (Wildman–Crippen LogP) is 2.32. The molecule has 0 saturated heterocycles. The fraction of sp³-hybridized carbons (Fsp3) is 0.353. The average molecular weight is 329 g/mol. The zero-order chi connectivity index (χ0) is 16.2. The molecule has 3 rings (SSSR count). The molecule has 1 aliphatic carbocycles. The molecule has 1 saturated carbocycles. The van der Waals surface area contributed by atoms with E-state index in [0.717, 1.165) is 30.0 Å². The van der Waals surface area contributed by atoms with Crippen molar-refractivity contribution in [1.82, 2.24) is 15.6 Å². The Morgan fingerprint density at radius 1 is 1.17 bits per heavy atom. The number of nitrogens with zero attached hydrogens (tertiary/aromatic N) is 1. The number of rotatable bonds is 6. The fourth-order valence-electron chi connectivity index (χ4n) is 2.17. The van der Waals surface area contributed by atoms with Gasteiger partial charge in [0.05, 0.1) is 5.01 Å². The van der Waals surface area contributed by atoms with Gasteiger partial charge in [-0.2, -0.15) is 0 Å². The molecule has 0 radical (unpaired) electrons. The summed E-state index contributed by atoms with van der Waals surface area (Å²) in [6, 6.07) is 7.09. The molecule has 1 heterocycles. The van der Waals surface area contributed by atoms with Gasteiger partial charge >= 0.3 is 0 Å². The molecule has 1 fully saturated rings. The highest BCUT2D eigenvalue weighted by atomic mass is 32.1. The Labute approximate surface area is 139 Å². The summed E-state index contributed by atoms with van der Waals surface area (Å²) in [5.74, 6) is -0.203. The smallest absolute Gasteiger partial charge is 0.251 e.